The van der Waals surface area contributed by atoms with Crippen LogP contribution in [0.3, 0.4) is 0 Å². The van der Waals surface area contributed by atoms with Crippen molar-refractivity contribution in [3.63, 3.8) is 0 Å². The summed E-state index contributed by atoms with van der Waals surface area (Å²) in [5, 5.41) is 13.3. The molecular formula is C17H26N2O2. The molecule has 0 radical (unpaired) electrons. The van der Waals surface area contributed by atoms with Crippen LogP contribution in [0.5, 0.6) is 0 Å². The highest BCUT2D eigenvalue weighted by Crippen LogP contribution is 2.24. The van der Waals surface area contributed by atoms with Crippen LogP contribution in [0.2, 0.25) is 0 Å². The Bertz CT molecular complexity index is 476. The molecule has 1 saturated carbocycles. The number of amides is 1. The highest BCUT2D eigenvalue weighted by Gasteiger charge is 2.30. The first-order valence-corrected chi connectivity index (χ1v) is 7.83. The summed E-state index contributed by atoms with van der Waals surface area (Å²) < 4.78 is 0. The number of nitrogens with one attached hydrogen (secondary N) is 1. The lowest BCUT2D eigenvalue weighted by Gasteiger charge is -2.35. The minimum Gasteiger partial charge on any atom is -0.391 e. The molecule has 1 aromatic rings. The van der Waals surface area contributed by atoms with Crippen molar-refractivity contribution in [3.8, 4) is 0 Å². The van der Waals surface area contributed by atoms with Crippen LogP contribution in [-0.4, -0.2) is 48.7 Å². The fourth-order valence-corrected chi connectivity index (χ4v) is 3.09. The predicted molar refractivity (Wildman–Crippen MR) is 84.4 cm³/mol. The van der Waals surface area contributed by atoms with E-state index < -0.39 is 6.10 Å². The standard InChI is InChI=1S/C17H26N2O2/c1-18-12-11-13-7-3-4-8-14(13)17(21)19(2)15-9-5-6-10-16(15)20/h3-4,7-8,15-16,18,20H,5-6,9-12H2,1-2H3. The molecule has 2 rings (SSSR count). The molecule has 0 spiro atoms. The molecule has 21 heavy (non-hydrogen) atoms. The van der Waals surface area contributed by atoms with Crippen LogP contribution in [0.25, 0.3) is 0 Å². The third-order valence-electron chi connectivity index (χ3n) is 4.40. The second kappa shape index (κ2) is 7.57. The average Bonchev–Trinajstić information content (AvgIpc) is 2.52. The molecule has 1 aromatic carbocycles. The van der Waals surface area contributed by atoms with Gasteiger partial charge in [-0.25, -0.2) is 0 Å². The van der Waals surface area contributed by atoms with Gasteiger partial charge in [-0.3, -0.25) is 4.79 Å². The SMILES string of the molecule is CNCCc1ccccc1C(=O)N(C)C1CCCCC1O. The molecule has 2 atom stereocenters. The van der Waals surface area contributed by atoms with E-state index in [1.54, 1.807) is 4.90 Å². The summed E-state index contributed by atoms with van der Waals surface area (Å²) in [4.78, 5) is 14.5. The monoisotopic (exact) mass is 290 g/mol. The van der Waals surface area contributed by atoms with Crippen LogP contribution in [0.1, 0.15) is 41.6 Å². The van der Waals surface area contributed by atoms with Crippen molar-refractivity contribution in [3.05, 3.63) is 35.4 Å². The Labute approximate surface area is 127 Å². The molecule has 2 N–H and O–H groups in total. The van der Waals surface area contributed by atoms with Gasteiger partial charge in [-0.2, -0.15) is 0 Å². The van der Waals surface area contributed by atoms with Crippen LogP contribution in [0, 0.1) is 0 Å². The largest absolute Gasteiger partial charge is 0.391 e. The Morgan fingerprint density at radius 3 is 2.76 bits per heavy atom. The zero-order valence-electron chi connectivity index (χ0n) is 13.0. The Hall–Kier alpha value is -1.39. The van der Waals surface area contributed by atoms with E-state index >= 15 is 0 Å². The van der Waals surface area contributed by atoms with Gasteiger partial charge in [0.1, 0.15) is 0 Å². The Balaban J connectivity index is 2.15. The number of hydrogen-bond acceptors (Lipinski definition) is 3. The topological polar surface area (TPSA) is 52.6 Å². The number of carbonyl (C=O) groups excluding carboxylic acids is 1. The Kier molecular flexibility index (Phi) is 5.76. The van der Waals surface area contributed by atoms with E-state index in [2.05, 4.69) is 5.32 Å². The molecule has 0 aromatic heterocycles. The molecule has 0 bridgehead atoms. The van der Waals surface area contributed by atoms with E-state index in [0.717, 1.165) is 49.8 Å². The number of carbonyl (C=O) groups is 1. The third kappa shape index (κ3) is 3.83. The van der Waals surface area contributed by atoms with Crippen molar-refractivity contribution in [1.82, 2.24) is 10.2 Å². The summed E-state index contributed by atoms with van der Waals surface area (Å²) in [6.45, 7) is 0.847. The Morgan fingerprint density at radius 1 is 1.33 bits per heavy atom. The number of hydrogen-bond donors (Lipinski definition) is 2. The fraction of sp³-hybridized carbons (Fsp3) is 0.588. The second-order valence-electron chi connectivity index (χ2n) is 5.85. The molecule has 0 aliphatic heterocycles. The summed E-state index contributed by atoms with van der Waals surface area (Å²) in [6.07, 6.45) is 4.27. The van der Waals surface area contributed by atoms with E-state index in [1.165, 1.54) is 0 Å². The van der Waals surface area contributed by atoms with Crippen LogP contribution >= 0.6 is 0 Å². The summed E-state index contributed by atoms with van der Waals surface area (Å²) >= 11 is 0. The van der Waals surface area contributed by atoms with Crippen molar-refractivity contribution in [2.24, 2.45) is 0 Å². The molecule has 1 amide bonds. The molecule has 1 aliphatic carbocycles. The minimum absolute atomic E-state index is 0.0210. The lowest BCUT2D eigenvalue weighted by Crippen LogP contribution is -2.46. The van der Waals surface area contributed by atoms with Gasteiger partial charge in [0.25, 0.3) is 5.91 Å². The maximum Gasteiger partial charge on any atom is 0.254 e. The van der Waals surface area contributed by atoms with Gasteiger partial charge < -0.3 is 15.3 Å². The van der Waals surface area contributed by atoms with Gasteiger partial charge in [-0.1, -0.05) is 31.0 Å². The van der Waals surface area contributed by atoms with Crippen LogP contribution in [-0.2, 0) is 6.42 Å². The van der Waals surface area contributed by atoms with Gasteiger partial charge in [0.15, 0.2) is 0 Å². The van der Waals surface area contributed by atoms with Crippen molar-refractivity contribution in [1.29, 1.82) is 0 Å². The number of likely N-dealkylation sites (N-methyl/N-ethyl adjacent to an activating group) is 2. The van der Waals surface area contributed by atoms with Gasteiger partial charge >= 0.3 is 0 Å². The van der Waals surface area contributed by atoms with Crippen molar-refractivity contribution in [2.45, 2.75) is 44.2 Å². The van der Waals surface area contributed by atoms with Gasteiger partial charge in [-0.15, -0.1) is 0 Å². The molecule has 1 fully saturated rings. The molecule has 4 nitrogen and oxygen atoms in total. The van der Waals surface area contributed by atoms with Crippen molar-refractivity contribution < 1.29 is 9.90 Å². The van der Waals surface area contributed by atoms with Crippen LogP contribution in [0.15, 0.2) is 24.3 Å². The first-order chi connectivity index (χ1) is 10.1. The molecule has 116 valence electrons. The van der Waals surface area contributed by atoms with Crippen LogP contribution in [0.4, 0.5) is 0 Å². The molecule has 0 saturated heterocycles. The quantitative estimate of drug-likeness (QED) is 0.870. The first-order valence-electron chi connectivity index (χ1n) is 7.83. The molecule has 0 heterocycles. The highest BCUT2D eigenvalue weighted by atomic mass is 16.3. The predicted octanol–water partition coefficient (Wildman–Crippen LogP) is 1.82. The molecular weight excluding hydrogens is 264 g/mol. The van der Waals surface area contributed by atoms with Crippen molar-refractivity contribution >= 4 is 5.91 Å². The van der Waals surface area contributed by atoms with Crippen molar-refractivity contribution in [2.75, 3.05) is 20.6 Å². The van der Waals surface area contributed by atoms with E-state index in [-0.39, 0.29) is 11.9 Å². The number of benzene rings is 1. The summed E-state index contributed by atoms with van der Waals surface area (Å²) in [5.41, 5.74) is 1.82. The Morgan fingerprint density at radius 2 is 2.05 bits per heavy atom. The normalized spacial score (nSPS) is 22.0. The van der Waals surface area contributed by atoms with E-state index in [0.29, 0.717) is 0 Å². The number of aliphatic hydroxyl groups excluding tert-OH is 1. The first kappa shape index (κ1) is 16.0. The minimum atomic E-state index is -0.392. The van der Waals surface area contributed by atoms with Gasteiger partial charge in [0.05, 0.1) is 12.1 Å². The van der Waals surface area contributed by atoms with E-state index in [1.807, 2.05) is 38.4 Å². The second-order valence-corrected chi connectivity index (χ2v) is 5.85. The molecule has 2 unspecified atom stereocenters. The third-order valence-corrected chi connectivity index (χ3v) is 4.40. The van der Waals surface area contributed by atoms with Gasteiger partial charge in [0, 0.05) is 12.6 Å². The number of aliphatic hydroxyl groups is 1. The smallest absolute Gasteiger partial charge is 0.254 e. The van der Waals surface area contributed by atoms with E-state index in [9.17, 15) is 9.90 Å². The highest BCUT2D eigenvalue weighted by molar-refractivity contribution is 5.95. The zero-order chi connectivity index (χ0) is 15.2. The average molecular weight is 290 g/mol. The number of rotatable bonds is 5. The maximum absolute atomic E-state index is 12.8. The van der Waals surface area contributed by atoms with E-state index in [4.69, 9.17) is 0 Å². The summed E-state index contributed by atoms with van der Waals surface area (Å²) in [5.74, 6) is 0.0210. The summed E-state index contributed by atoms with van der Waals surface area (Å²) in [7, 11) is 3.73. The maximum atomic E-state index is 12.8. The van der Waals surface area contributed by atoms with Crippen LogP contribution < -0.4 is 5.32 Å². The lowest BCUT2D eigenvalue weighted by molar-refractivity contribution is 0.0267. The zero-order valence-corrected chi connectivity index (χ0v) is 13.0. The van der Waals surface area contributed by atoms with Gasteiger partial charge in [0.2, 0.25) is 0 Å². The number of nitrogens with zero attached hydrogens (tertiary/aromatic N) is 1. The molecule has 1 aliphatic rings. The fourth-order valence-electron chi connectivity index (χ4n) is 3.09. The molecule has 4 heteroatoms. The summed E-state index contributed by atoms with van der Waals surface area (Å²) in [6, 6.07) is 7.72. The lowest BCUT2D eigenvalue weighted by atomic mass is 9.91. The van der Waals surface area contributed by atoms with Gasteiger partial charge in [-0.05, 0) is 44.5 Å².